The molecule has 1 aromatic rings. The average molecular weight is 317 g/mol. The Morgan fingerprint density at radius 2 is 1.87 bits per heavy atom. The number of hydrogen-bond donors (Lipinski definition) is 2. The van der Waals surface area contributed by atoms with Crippen LogP contribution in [-0.2, 0) is 11.2 Å². The first-order valence-electron chi connectivity index (χ1n) is 8.33. The number of carbonyl (C=O) groups excluding carboxylic acids is 2. The van der Waals surface area contributed by atoms with Gasteiger partial charge < -0.3 is 15.5 Å². The Morgan fingerprint density at radius 1 is 1.17 bits per heavy atom. The Bertz CT molecular complexity index is 557. The third-order valence-electron chi connectivity index (χ3n) is 4.53. The third-order valence-corrected chi connectivity index (χ3v) is 4.53. The summed E-state index contributed by atoms with van der Waals surface area (Å²) in [5.74, 6) is 0.528. The van der Waals surface area contributed by atoms with Crippen molar-refractivity contribution in [2.75, 3.05) is 19.4 Å². The summed E-state index contributed by atoms with van der Waals surface area (Å²) in [6.07, 6.45) is 4.90. The van der Waals surface area contributed by atoms with E-state index < -0.39 is 0 Å². The summed E-state index contributed by atoms with van der Waals surface area (Å²) < 4.78 is 0. The van der Waals surface area contributed by atoms with Crippen LogP contribution in [0.1, 0.15) is 38.2 Å². The lowest BCUT2D eigenvalue weighted by molar-refractivity contribution is -0.127. The Morgan fingerprint density at radius 3 is 2.57 bits per heavy atom. The molecule has 0 aromatic heterocycles. The molecule has 1 aromatic carbocycles. The van der Waals surface area contributed by atoms with E-state index in [1.54, 1.807) is 19.0 Å². The first-order chi connectivity index (χ1) is 11.0. The predicted octanol–water partition coefficient (Wildman–Crippen LogP) is 3.02. The highest BCUT2D eigenvalue weighted by Crippen LogP contribution is 2.24. The van der Waals surface area contributed by atoms with Crippen LogP contribution in [0.3, 0.4) is 0 Å². The summed E-state index contributed by atoms with van der Waals surface area (Å²) in [7, 11) is 3.46. The number of benzene rings is 1. The van der Waals surface area contributed by atoms with Crippen molar-refractivity contribution >= 4 is 17.6 Å². The van der Waals surface area contributed by atoms with Gasteiger partial charge in [-0.2, -0.15) is 0 Å². The Balaban J connectivity index is 1.99. The minimum absolute atomic E-state index is 0.0144. The van der Waals surface area contributed by atoms with Gasteiger partial charge >= 0.3 is 6.03 Å². The number of amides is 3. The largest absolute Gasteiger partial charge is 0.349 e. The number of anilines is 1. The zero-order chi connectivity index (χ0) is 16.8. The molecule has 2 unspecified atom stereocenters. The van der Waals surface area contributed by atoms with E-state index in [4.69, 9.17) is 0 Å². The summed E-state index contributed by atoms with van der Waals surface area (Å²) in [5, 5.41) is 5.98. The molecule has 0 bridgehead atoms. The van der Waals surface area contributed by atoms with Crippen LogP contribution in [0.2, 0.25) is 0 Å². The summed E-state index contributed by atoms with van der Waals surface area (Å²) in [5.41, 5.74) is 1.53. The standard InChI is InChI=1S/C18H27N3O2/c1-13-8-4-6-10-15(13)19-18(23)20-16-11-7-5-9-14(16)12-17(22)21(2)3/h5,7,9,11,13,15H,4,6,8,10,12H2,1-3H3,(H2,19,20,23). The highest BCUT2D eigenvalue weighted by molar-refractivity contribution is 5.91. The number of nitrogens with zero attached hydrogens (tertiary/aromatic N) is 1. The molecule has 1 saturated carbocycles. The Labute approximate surface area is 138 Å². The molecule has 0 aliphatic heterocycles. The molecule has 0 radical (unpaired) electrons. The second-order valence-corrected chi connectivity index (χ2v) is 6.59. The molecule has 2 rings (SSSR count). The summed E-state index contributed by atoms with van der Waals surface area (Å²) >= 11 is 0. The maximum Gasteiger partial charge on any atom is 0.319 e. The van der Waals surface area contributed by atoms with Crippen LogP contribution < -0.4 is 10.6 Å². The van der Waals surface area contributed by atoms with Gasteiger partial charge in [-0.3, -0.25) is 4.79 Å². The maximum absolute atomic E-state index is 12.3. The maximum atomic E-state index is 12.3. The molecule has 0 spiro atoms. The lowest BCUT2D eigenvalue weighted by Crippen LogP contribution is -2.43. The van der Waals surface area contributed by atoms with Crippen LogP contribution in [0, 0.1) is 5.92 Å². The summed E-state index contributed by atoms with van der Waals surface area (Å²) in [6.45, 7) is 2.19. The van der Waals surface area contributed by atoms with E-state index in [2.05, 4.69) is 17.6 Å². The number of hydrogen-bond acceptors (Lipinski definition) is 2. The van der Waals surface area contributed by atoms with Crippen molar-refractivity contribution < 1.29 is 9.59 Å². The van der Waals surface area contributed by atoms with Crippen molar-refractivity contribution in [2.24, 2.45) is 5.92 Å². The zero-order valence-electron chi connectivity index (χ0n) is 14.3. The van der Waals surface area contributed by atoms with Crippen molar-refractivity contribution in [3.63, 3.8) is 0 Å². The van der Waals surface area contributed by atoms with E-state index in [-0.39, 0.29) is 24.4 Å². The molecule has 5 nitrogen and oxygen atoms in total. The molecule has 23 heavy (non-hydrogen) atoms. The van der Waals surface area contributed by atoms with Crippen molar-refractivity contribution in [1.29, 1.82) is 0 Å². The van der Waals surface area contributed by atoms with E-state index in [0.29, 0.717) is 11.6 Å². The van der Waals surface area contributed by atoms with E-state index in [9.17, 15) is 9.59 Å². The molecule has 2 atom stereocenters. The zero-order valence-corrected chi connectivity index (χ0v) is 14.3. The van der Waals surface area contributed by atoms with Crippen molar-refractivity contribution in [2.45, 2.75) is 45.1 Å². The molecular formula is C18H27N3O2. The first kappa shape index (κ1) is 17.3. The molecule has 0 saturated heterocycles. The Hall–Kier alpha value is -2.04. The minimum atomic E-state index is -0.187. The van der Waals surface area contributed by atoms with Crippen LogP contribution in [0.25, 0.3) is 0 Å². The van der Waals surface area contributed by atoms with Gasteiger partial charge in [-0.05, 0) is 30.4 Å². The molecule has 1 fully saturated rings. The molecule has 126 valence electrons. The van der Waals surface area contributed by atoms with Gasteiger partial charge in [-0.15, -0.1) is 0 Å². The van der Waals surface area contributed by atoms with E-state index in [1.807, 2.05) is 24.3 Å². The van der Waals surface area contributed by atoms with E-state index in [1.165, 1.54) is 19.3 Å². The quantitative estimate of drug-likeness (QED) is 0.896. The molecule has 3 amide bonds. The number of likely N-dealkylation sites (N-methyl/N-ethyl adjacent to an activating group) is 1. The molecular weight excluding hydrogens is 290 g/mol. The summed E-state index contributed by atoms with van der Waals surface area (Å²) in [6, 6.07) is 7.50. The summed E-state index contributed by atoms with van der Waals surface area (Å²) in [4.78, 5) is 25.7. The number of carbonyl (C=O) groups is 2. The van der Waals surface area contributed by atoms with Crippen LogP contribution >= 0.6 is 0 Å². The fourth-order valence-electron chi connectivity index (χ4n) is 2.97. The van der Waals surface area contributed by atoms with Crippen LogP contribution in [0.5, 0.6) is 0 Å². The van der Waals surface area contributed by atoms with Gasteiger partial charge in [-0.25, -0.2) is 4.79 Å². The third kappa shape index (κ3) is 4.98. The van der Waals surface area contributed by atoms with Crippen molar-refractivity contribution in [3.8, 4) is 0 Å². The number of nitrogens with one attached hydrogen (secondary N) is 2. The topological polar surface area (TPSA) is 61.4 Å². The van der Waals surface area contributed by atoms with E-state index in [0.717, 1.165) is 12.0 Å². The number of rotatable bonds is 4. The molecule has 2 N–H and O–H groups in total. The predicted molar refractivity (Wildman–Crippen MR) is 92.4 cm³/mol. The van der Waals surface area contributed by atoms with E-state index >= 15 is 0 Å². The van der Waals surface area contributed by atoms with Gasteiger partial charge in [0, 0.05) is 25.8 Å². The van der Waals surface area contributed by atoms with Crippen molar-refractivity contribution in [3.05, 3.63) is 29.8 Å². The lowest BCUT2D eigenvalue weighted by Gasteiger charge is -2.29. The Kier molecular flexibility index (Phi) is 6.02. The normalized spacial score (nSPS) is 20.7. The van der Waals surface area contributed by atoms with Crippen LogP contribution in [0.15, 0.2) is 24.3 Å². The number of para-hydroxylation sites is 1. The van der Waals surface area contributed by atoms with Gasteiger partial charge in [0.05, 0.1) is 6.42 Å². The molecule has 1 aliphatic carbocycles. The van der Waals surface area contributed by atoms with Gasteiger partial charge in [-0.1, -0.05) is 38.0 Å². The molecule has 0 heterocycles. The fraction of sp³-hybridized carbons (Fsp3) is 0.556. The smallest absolute Gasteiger partial charge is 0.319 e. The van der Waals surface area contributed by atoms with Crippen LogP contribution in [-0.4, -0.2) is 37.0 Å². The van der Waals surface area contributed by atoms with Gasteiger partial charge in [0.15, 0.2) is 0 Å². The molecule has 5 heteroatoms. The first-order valence-corrected chi connectivity index (χ1v) is 8.33. The monoisotopic (exact) mass is 317 g/mol. The second-order valence-electron chi connectivity index (χ2n) is 6.59. The lowest BCUT2D eigenvalue weighted by atomic mass is 9.86. The fourth-order valence-corrected chi connectivity index (χ4v) is 2.97. The van der Waals surface area contributed by atoms with Crippen LogP contribution in [0.4, 0.5) is 10.5 Å². The van der Waals surface area contributed by atoms with Gasteiger partial charge in [0.2, 0.25) is 5.91 Å². The average Bonchev–Trinajstić information content (AvgIpc) is 2.51. The number of urea groups is 1. The SMILES string of the molecule is CC1CCCCC1NC(=O)Nc1ccccc1CC(=O)N(C)C. The highest BCUT2D eigenvalue weighted by Gasteiger charge is 2.23. The van der Waals surface area contributed by atoms with Crippen molar-refractivity contribution in [1.82, 2.24) is 10.2 Å². The highest BCUT2D eigenvalue weighted by atomic mass is 16.2. The molecule has 1 aliphatic rings. The van der Waals surface area contributed by atoms with Gasteiger partial charge in [0.25, 0.3) is 0 Å². The second kappa shape index (κ2) is 7.99. The van der Waals surface area contributed by atoms with Gasteiger partial charge in [0.1, 0.15) is 0 Å². The minimum Gasteiger partial charge on any atom is -0.349 e.